The van der Waals surface area contributed by atoms with Crippen LogP contribution in [-0.4, -0.2) is 27.1 Å². The highest BCUT2D eigenvalue weighted by Gasteiger charge is 2.18. The lowest BCUT2D eigenvalue weighted by atomic mass is 9.99. The Morgan fingerprint density at radius 3 is 2.52 bits per heavy atom. The van der Waals surface area contributed by atoms with Crippen molar-refractivity contribution in [3.8, 4) is 11.1 Å². The standard InChI is InChI=1S/C23H19N3O3/c1-2-29-23(28)19-15-26(22-20(21(19)27)24-12-13-25-22)14-17-10-6-7-11-18(17)16-8-4-3-5-9-16/h3-13,15H,2,14H2,1H3. The van der Waals surface area contributed by atoms with E-state index in [4.69, 9.17) is 4.74 Å². The Morgan fingerprint density at radius 1 is 1.00 bits per heavy atom. The quantitative estimate of drug-likeness (QED) is 0.490. The second-order valence-corrected chi connectivity index (χ2v) is 6.47. The normalized spacial score (nSPS) is 10.8. The van der Waals surface area contributed by atoms with Gasteiger partial charge >= 0.3 is 5.97 Å². The SMILES string of the molecule is CCOC(=O)c1cn(Cc2ccccc2-c2ccccc2)c2nccnc2c1=O. The summed E-state index contributed by atoms with van der Waals surface area (Å²) in [5, 5.41) is 0. The van der Waals surface area contributed by atoms with Gasteiger partial charge in [-0.3, -0.25) is 4.79 Å². The first-order valence-corrected chi connectivity index (χ1v) is 9.33. The number of rotatable bonds is 5. The molecule has 6 nitrogen and oxygen atoms in total. The van der Waals surface area contributed by atoms with Crippen LogP contribution in [0, 0.1) is 0 Å². The lowest BCUT2D eigenvalue weighted by Gasteiger charge is -2.15. The van der Waals surface area contributed by atoms with Gasteiger partial charge in [-0.1, -0.05) is 54.6 Å². The fourth-order valence-electron chi connectivity index (χ4n) is 3.32. The van der Waals surface area contributed by atoms with Gasteiger partial charge in [0.15, 0.2) is 11.2 Å². The molecular formula is C23H19N3O3. The third kappa shape index (κ3) is 3.65. The summed E-state index contributed by atoms with van der Waals surface area (Å²) in [6.07, 6.45) is 4.49. The average molecular weight is 385 g/mol. The lowest BCUT2D eigenvalue weighted by molar-refractivity contribution is 0.0524. The number of pyridine rings is 1. The van der Waals surface area contributed by atoms with E-state index in [9.17, 15) is 9.59 Å². The molecule has 6 heteroatoms. The Bertz CT molecular complexity index is 1230. The van der Waals surface area contributed by atoms with Crippen molar-refractivity contribution in [1.82, 2.24) is 14.5 Å². The second kappa shape index (κ2) is 8.06. The van der Waals surface area contributed by atoms with Gasteiger partial charge in [0.25, 0.3) is 0 Å². The summed E-state index contributed by atoms with van der Waals surface area (Å²) in [6, 6.07) is 18.1. The van der Waals surface area contributed by atoms with Gasteiger partial charge < -0.3 is 9.30 Å². The Hall–Kier alpha value is -3.80. The van der Waals surface area contributed by atoms with Crippen molar-refractivity contribution in [2.75, 3.05) is 6.61 Å². The molecule has 0 saturated carbocycles. The molecule has 0 fully saturated rings. The van der Waals surface area contributed by atoms with Gasteiger partial charge in [0.05, 0.1) is 6.61 Å². The first kappa shape index (κ1) is 18.6. The maximum Gasteiger partial charge on any atom is 0.343 e. The van der Waals surface area contributed by atoms with Crippen molar-refractivity contribution >= 4 is 17.1 Å². The highest BCUT2D eigenvalue weighted by molar-refractivity contribution is 5.92. The minimum absolute atomic E-state index is 0.0444. The van der Waals surface area contributed by atoms with Gasteiger partial charge in [0.1, 0.15) is 5.56 Å². The molecule has 29 heavy (non-hydrogen) atoms. The van der Waals surface area contributed by atoms with Gasteiger partial charge in [-0.2, -0.15) is 0 Å². The first-order valence-electron chi connectivity index (χ1n) is 9.33. The van der Waals surface area contributed by atoms with E-state index < -0.39 is 11.4 Å². The minimum atomic E-state index is -0.657. The molecule has 0 atom stereocenters. The predicted octanol–water partition coefficient (Wildman–Crippen LogP) is 3.68. The van der Waals surface area contributed by atoms with Gasteiger partial charge in [0.2, 0.25) is 5.43 Å². The number of esters is 1. The zero-order valence-electron chi connectivity index (χ0n) is 15.9. The summed E-state index contributed by atoms with van der Waals surface area (Å²) >= 11 is 0. The summed E-state index contributed by atoms with van der Waals surface area (Å²) in [7, 11) is 0. The van der Waals surface area contributed by atoms with Crippen LogP contribution in [0.5, 0.6) is 0 Å². The number of aromatic nitrogens is 3. The first-order chi connectivity index (χ1) is 14.2. The number of hydrogen-bond acceptors (Lipinski definition) is 5. The number of carbonyl (C=O) groups excluding carboxylic acids is 1. The second-order valence-electron chi connectivity index (χ2n) is 6.47. The van der Waals surface area contributed by atoms with E-state index in [1.165, 1.54) is 18.6 Å². The summed E-state index contributed by atoms with van der Waals surface area (Å²) in [4.78, 5) is 33.5. The van der Waals surface area contributed by atoms with Crippen LogP contribution in [0.2, 0.25) is 0 Å². The molecule has 0 aliphatic rings. The van der Waals surface area contributed by atoms with E-state index >= 15 is 0 Å². The summed E-state index contributed by atoms with van der Waals surface area (Å²) < 4.78 is 6.83. The zero-order chi connectivity index (χ0) is 20.2. The predicted molar refractivity (Wildman–Crippen MR) is 111 cm³/mol. The molecule has 0 aliphatic carbocycles. The molecule has 0 bridgehead atoms. The van der Waals surface area contributed by atoms with E-state index in [0.29, 0.717) is 12.2 Å². The van der Waals surface area contributed by atoms with Crippen molar-refractivity contribution in [2.24, 2.45) is 0 Å². The van der Waals surface area contributed by atoms with Gasteiger partial charge in [-0.05, 0) is 23.6 Å². The summed E-state index contributed by atoms with van der Waals surface area (Å²) in [5.74, 6) is -0.657. The Morgan fingerprint density at radius 2 is 1.72 bits per heavy atom. The number of nitrogens with zero attached hydrogens (tertiary/aromatic N) is 3. The molecule has 0 amide bonds. The summed E-state index contributed by atoms with van der Waals surface area (Å²) in [6.45, 7) is 2.31. The topological polar surface area (TPSA) is 74.1 Å². The van der Waals surface area contributed by atoms with E-state index in [1.807, 2.05) is 54.6 Å². The Balaban J connectivity index is 1.87. The molecule has 2 heterocycles. The zero-order valence-corrected chi connectivity index (χ0v) is 15.9. The molecule has 4 aromatic rings. The van der Waals surface area contributed by atoms with Crippen molar-refractivity contribution in [1.29, 1.82) is 0 Å². The molecule has 0 spiro atoms. The maximum atomic E-state index is 12.7. The molecule has 0 aliphatic heterocycles. The van der Waals surface area contributed by atoms with Crippen LogP contribution in [0.15, 0.2) is 78.0 Å². The van der Waals surface area contributed by atoms with E-state index in [2.05, 4.69) is 9.97 Å². The third-order valence-corrected chi connectivity index (χ3v) is 4.63. The Labute approximate surface area is 167 Å². The van der Waals surface area contributed by atoms with Crippen LogP contribution in [0.25, 0.3) is 22.3 Å². The highest BCUT2D eigenvalue weighted by atomic mass is 16.5. The Kier molecular flexibility index (Phi) is 5.16. The van der Waals surface area contributed by atoms with Crippen molar-refractivity contribution in [3.05, 3.63) is 94.5 Å². The van der Waals surface area contributed by atoms with E-state index in [-0.39, 0.29) is 17.7 Å². The number of carbonyl (C=O) groups is 1. The van der Waals surface area contributed by atoms with Crippen molar-refractivity contribution in [2.45, 2.75) is 13.5 Å². The molecule has 4 rings (SSSR count). The number of ether oxygens (including phenoxy) is 1. The fourth-order valence-corrected chi connectivity index (χ4v) is 3.32. The van der Waals surface area contributed by atoms with Crippen LogP contribution in [0.1, 0.15) is 22.8 Å². The van der Waals surface area contributed by atoms with Crippen LogP contribution < -0.4 is 5.43 Å². The van der Waals surface area contributed by atoms with Crippen LogP contribution in [0.3, 0.4) is 0 Å². The van der Waals surface area contributed by atoms with Crippen molar-refractivity contribution < 1.29 is 9.53 Å². The molecule has 0 unspecified atom stereocenters. The monoisotopic (exact) mass is 385 g/mol. The maximum absolute atomic E-state index is 12.7. The van der Waals surface area contributed by atoms with Crippen molar-refractivity contribution in [3.63, 3.8) is 0 Å². The molecular weight excluding hydrogens is 366 g/mol. The highest BCUT2D eigenvalue weighted by Crippen LogP contribution is 2.24. The van der Waals surface area contributed by atoms with Gasteiger partial charge in [-0.15, -0.1) is 0 Å². The average Bonchev–Trinajstić information content (AvgIpc) is 2.77. The summed E-state index contributed by atoms with van der Waals surface area (Å²) in [5.41, 5.74) is 3.25. The number of hydrogen-bond donors (Lipinski definition) is 0. The molecule has 0 radical (unpaired) electrons. The van der Waals surface area contributed by atoms with Gasteiger partial charge in [0, 0.05) is 25.1 Å². The van der Waals surface area contributed by atoms with Crippen LogP contribution >= 0.6 is 0 Å². The van der Waals surface area contributed by atoms with Crippen LogP contribution in [-0.2, 0) is 11.3 Å². The van der Waals surface area contributed by atoms with E-state index in [0.717, 1.165) is 16.7 Å². The minimum Gasteiger partial charge on any atom is -0.462 e. The largest absolute Gasteiger partial charge is 0.462 e. The molecule has 2 aromatic carbocycles. The van der Waals surface area contributed by atoms with Crippen LogP contribution in [0.4, 0.5) is 0 Å². The molecule has 0 N–H and O–H groups in total. The molecule has 144 valence electrons. The third-order valence-electron chi connectivity index (χ3n) is 4.63. The molecule has 2 aromatic heterocycles. The fraction of sp³-hybridized carbons (Fsp3) is 0.130. The number of benzene rings is 2. The number of fused-ring (bicyclic) bond motifs is 1. The molecule has 0 saturated heterocycles. The smallest absolute Gasteiger partial charge is 0.343 e. The lowest BCUT2D eigenvalue weighted by Crippen LogP contribution is -2.22. The van der Waals surface area contributed by atoms with E-state index in [1.54, 1.807) is 11.5 Å². The van der Waals surface area contributed by atoms with Gasteiger partial charge in [-0.25, -0.2) is 14.8 Å².